The summed E-state index contributed by atoms with van der Waals surface area (Å²) in [5, 5.41) is 16.4. The standard InChI is InChI=1S/C23H32N4O3.HI/c1-4-24-23(25-14-17-7-5-6-8-18(17)16-28)26-19-9-10-27(15-19)20-11-21(29-2)13-22(12-20)30-3;/h5-8,11-13,19,28H,4,9-10,14-16H2,1-3H3,(H2,24,25,26);1H. The smallest absolute Gasteiger partial charge is 0.191 e. The van der Waals surface area contributed by atoms with E-state index in [1.54, 1.807) is 14.2 Å². The van der Waals surface area contributed by atoms with Crippen LogP contribution < -0.4 is 25.0 Å². The molecule has 1 fully saturated rings. The fourth-order valence-corrected chi connectivity index (χ4v) is 3.63. The lowest BCUT2D eigenvalue weighted by Crippen LogP contribution is -2.44. The van der Waals surface area contributed by atoms with Crippen LogP contribution in [0.2, 0.25) is 0 Å². The molecule has 31 heavy (non-hydrogen) atoms. The lowest BCUT2D eigenvalue weighted by atomic mass is 10.1. The van der Waals surface area contributed by atoms with Gasteiger partial charge < -0.3 is 30.1 Å². The Hall–Kier alpha value is -2.20. The highest BCUT2D eigenvalue weighted by Gasteiger charge is 2.24. The predicted octanol–water partition coefficient (Wildman–Crippen LogP) is 3.15. The monoisotopic (exact) mass is 540 g/mol. The number of guanidine groups is 1. The minimum atomic E-state index is 0. The summed E-state index contributed by atoms with van der Waals surface area (Å²) in [6, 6.07) is 14.1. The molecule has 1 saturated heterocycles. The maximum Gasteiger partial charge on any atom is 0.191 e. The molecule has 0 amide bonds. The van der Waals surface area contributed by atoms with Gasteiger partial charge in [-0.3, -0.25) is 0 Å². The molecule has 0 aliphatic carbocycles. The summed E-state index contributed by atoms with van der Waals surface area (Å²) in [6.07, 6.45) is 1.01. The van der Waals surface area contributed by atoms with Crippen molar-refractivity contribution >= 4 is 35.6 Å². The van der Waals surface area contributed by atoms with Gasteiger partial charge in [-0.15, -0.1) is 24.0 Å². The summed E-state index contributed by atoms with van der Waals surface area (Å²) in [5.74, 6) is 2.37. The zero-order chi connectivity index (χ0) is 21.3. The van der Waals surface area contributed by atoms with Gasteiger partial charge in [0.2, 0.25) is 0 Å². The van der Waals surface area contributed by atoms with Crippen LogP contribution in [0.25, 0.3) is 0 Å². The number of methoxy groups -OCH3 is 2. The summed E-state index contributed by atoms with van der Waals surface area (Å²) < 4.78 is 10.8. The van der Waals surface area contributed by atoms with Crippen LogP contribution >= 0.6 is 24.0 Å². The van der Waals surface area contributed by atoms with E-state index >= 15 is 0 Å². The van der Waals surface area contributed by atoms with Gasteiger partial charge in [-0.2, -0.15) is 0 Å². The van der Waals surface area contributed by atoms with Crippen molar-refractivity contribution < 1.29 is 14.6 Å². The number of anilines is 1. The number of aliphatic imine (C=N–C) groups is 1. The topological polar surface area (TPSA) is 78.4 Å². The molecular weight excluding hydrogens is 507 g/mol. The van der Waals surface area contributed by atoms with Crippen molar-refractivity contribution in [2.45, 2.75) is 32.5 Å². The Labute approximate surface area is 201 Å². The van der Waals surface area contributed by atoms with Gasteiger partial charge in [0.25, 0.3) is 0 Å². The summed E-state index contributed by atoms with van der Waals surface area (Å²) in [6.45, 7) is 5.21. The molecule has 3 N–H and O–H groups in total. The molecule has 1 unspecified atom stereocenters. The van der Waals surface area contributed by atoms with Crippen LogP contribution in [0, 0.1) is 0 Å². The van der Waals surface area contributed by atoms with Crippen molar-refractivity contribution in [3.63, 3.8) is 0 Å². The van der Waals surface area contributed by atoms with Crippen LogP contribution in [-0.2, 0) is 13.2 Å². The predicted molar refractivity (Wildman–Crippen MR) is 136 cm³/mol. The van der Waals surface area contributed by atoms with E-state index in [0.717, 1.165) is 60.3 Å². The summed E-state index contributed by atoms with van der Waals surface area (Å²) in [5.41, 5.74) is 3.04. The Kier molecular flexibility index (Phi) is 10.2. The van der Waals surface area contributed by atoms with Gasteiger partial charge >= 0.3 is 0 Å². The number of benzene rings is 2. The first-order valence-electron chi connectivity index (χ1n) is 10.4. The van der Waals surface area contributed by atoms with Crippen molar-refractivity contribution in [3.8, 4) is 11.5 Å². The highest BCUT2D eigenvalue weighted by molar-refractivity contribution is 14.0. The van der Waals surface area contributed by atoms with Crippen LogP contribution in [0.15, 0.2) is 47.5 Å². The molecular formula is C23H33IN4O3. The second kappa shape index (κ2) is 12.6. The summed E-state index contributed by atoms with van der Waals surface area (Å²) >= 11 is 0. The van der Waals surface area contributed by atoms with Crippen molar-refractivity contribution in [2.24, 2.45) is 4.99 Å². The molecule has 1 atom stereocenters. The second-order valence-corrected chi connectivity index (χ2v) is 7.27. The van der Waals surface area contributed by atoms with Crippen LogP contribution in [0.5, 0.6) is 11.5 Å². The Bertz CT molecular complexity index is 840. The van der Waals surface area contributed by atoms with E-state index in [-0.39, 0.29) is 36.6 Å². The first-order valence-corrected chi connectivity index (χ1v) is 10.4. The molecule has 7 nitrogen and oxygen atoms in total. The number of nitrogens with one attached hydrogen (secondary N) is 2. The molecule has 0 aromatic heterocycles. The summed E-state index contributed by atoms with van der Waals surface area (Å²) in [4.78, 5) is 7.06. The third-order valence-corrected chi connectivity index (χ3v) is 5.27. The van der Waals surface area contributed by atoms with E-state index in [4.69, 9.17) is 14.5 Å². The number of aliphatic hydroxyl groups excluding tert-OH is 1. The van der Waals surface area contributed by atoms with Gasteiger partial charge in [0.1, 0.15) is 11.5 Å². The van der Waals surface area contributed by atoms with E-state index in [2.05, 4.69) is 22.5 Å². The van der Waals surface area contributed by atoms with Gasteiger partial charge in [-0.1, -0.05) is 24.3 Å². The lowest BCUT2D eigenvalue weighted by Gasteiger charge is -2.21. The van der Waals surface area contributed by atoms with Gasteiger partial charge in [-0.25, -0.2) is 4.99 Å². The lowest BCUT2D eigenvalue weighted by molar-refractivity contribution is 0.280. The van der Waals surface area contributed by atoms with Gasteiger partial charge in [0.15, 0.2) is 5.96 Å². The van der Waals surface area contributed by atoms with Crippen LogP contribution in [-0.4, -0.2) is 51.0 Å². The Balaban J connectivity index is 0.00000341. The van der Waals surface area contributed by atoms with Crippen molar-refractivity contribution in [1.82, 2.24) is 10.6 Å². The van der Waals surface area contributed by atoms with E-state index in [0.29, 0.717) is 6.54 Å². The Morgan fingerprint density at radius 3 is 2.42 bits per heavy atom. The third kappa shape index (κ3) is 6.90. The molecule has 1 aliphatic rings. The Morgan fingerprint density at radius 2 is 1.81 bits per heavy atom. The molecule has 3 rings (SSSR count). The first-order chi connectivity index (χ1) is 14.7. The molecule has 0 saturated carbocycles. The summed E-state index contributed by atoms with van der Waals surface area (Å²) in [7, 11) is 3.34. The van der Waals surface area contributed by atoms with Crippen molar-refractivity contribution in [1.29, 1.82) is 0 Å². The van der Waals surface area contributed by atoms with E-state index in [1.165, 1.54) is 0 Å². The molecule has 2 aromatic rings. The average molecular weight is 540 g/mol. The zero-order valence-corrected chi connectivity index (χ0v) is 20.8. The second-order valence-electron chi connectivity index (χ2n) is 7.27. The SMILES string of the molecule is CCNC(=NCc1ccccc1CO)NC1CCN(c2cc(OC)cc(OC)c2)C1.I. The number of aliphatic hydroxyl groups is 1. The number of halogens is 1. The fraction of sp³-hybridized carbons (Fsp3) is 0.435. The highest BCUT2D eigenvalue weighted by Crippen LogP contribution is 2.30. The van der Waals surface area contributed by atoms with Gasteiger partial charge in [-0.05, 0) is 24.5 Å². The van der Waals surface area contributed by atoms with E-state index in [1.807, 2.05) is 42.5 Å². The van der Waals surface area contributed by atoms with Crippen LogP contribution in [0.4, 0.5) is 5.69 Å². The van der Waals surface area contributed by atoms with Gasteiger partial charge in [0.05, 0.1) is 27.4 Å². The highest BCUT2D eigenvalue weighted by atomic mass is 127. The molecule has 0 spiro atoms. The molecule has 170 valence electrons. The third-order valence-electron chi connectivity index (χ3n) is 5.27. The molecule has 1 aliphatic heterocycles. The quantitative estimate of drug-likeness (QED) is 0.272. The Morgan fingerprint density at radius 1 is 1.13 bits per heavy atom. The maximum atomic E-state index is 9.53. The first kappa shape index (κ1) is 25.1. The number of hydrogen-bond donors (Lipinski definition) is 3. The molecule has 0 radical (unpaired) electrons. The van der Waals surface area contributed by atoms with Crippen LogP contribution in [0.1, 0.15) is 24.5 Å². The maximum absolute atomic E-state index is 9.53. The molecule has 1 heterocycles. The van der Waals surface area contributed by atoms with E-state index in [9.17, 15) is 5.11 Å². The minimum absolute atomic E-state index is 0. The van der Waals surface area contributed by atoms with Gasteiger partial charge in [0, 0.05) is 49.6 Å². The van der Waals surface area contributed by atoms with Crippen LogP contribution in [0.3, 0.4) is 0 Å². The zero-order valence-electron chi connectivity index (χ0n) is 18.4. The largest absolute Gasteiger partial charge is 0.497 e. The normalized spacial score (nSPS) is 15.9. The molecule has 8 heteroatoms. The van der Waals surface area contributed by atoms with Crippen molar-refractivity contribution in [2.75, 3.05) is 38.8 Å². The minimum Gasteiger partial charge on any atom is -0.497 e. The molecule has 2 aromatic carbocycles. The fourth-order valence-electron chi connectivity index (χ4n) is 3.63. The number of hydrogen-bond acceptors (Lipinski definition) is 5. The average Bonchev–Trinajstić information content (AvgIpc) is 3.26. The van der Waals surface area contributed by atoms with E-state index < -0.39 is 0 Å². The number of nitrogens with zero attached hydrogens (tertiary/aromatic N) is 2. The number of ether oxygens (including phenoxy) is 2. The number of rotatable bonds is 8. The molecule has 0 bridgehead atoms. The van der Waals surface area contributed by atoms with Crippen molar-refractivity contribution in [3.05, 3.63) is 53.6 Å².